The van der Waals surface area contributed by atoms with Gasteiger partial charge in [-0.3, -0.25) is 4.79 Å². The van der Waals surface area contributed by atoms with Crippen LogP contribution >= 0.6 is 0 Å². The van der Waals surface area contributed by atoms with Crippen molar-refractivity contribution in [2.45, 2.75) is 20.8 Å². The molecule has 1 aliphatic rings. The van der Waals surface area contributed by atoms with Crippen molar-refractivity contribution >= 4 is 5.91 Å². The number of nitrogens with one attached hydrogen (secondary N) is 1. The van der Waals surface area contributed by atoms with E-state index in [1.807, 2.05) is 0 Å². The first-order valence-corrected chi connectivity index (χ1v) is 3.90. The molecule has 0 radical (unpaired) electrons. The second-order valence-electron chi connectivity index (χ2n) is 3.45. The Hall–Kier alpha value is -0.530. The molecule has 0 aliphatic carbocycles. The van der Waals surface area contributed by atoms with E-state index in [0.29, 0.717) is 17.8 Å². The summed E-state index contributed by atoms with van der Waals surface area (Å²) in [4.78, 5) is 10.9. The lowest BCUT2D eigenvalue weighted by molar-refractivity contribution is -0.134. The summed E-state index contributed by atoms with van der Waals surface area (Å²) in [6, 6.07) is 0. The van der Waals surface area contributed by atoms with Gasteiger partial charge in [0.25, 0.3) is 0 Å². The summed E-state index contributed by atoms with van der Waals surface area (Å²) in [6.45, 7) is 7.36. The number of hydrogen-bond acceptors (Lipinski definition) is 1. The SMILES string of the molecule is CC(C)C(C)C1CNC1=O. The summed E-state index contributed by atoms with van der Waals surface area (Å²) in [7, 11) is 0. The minimum absolute atomic E-state index is 0.237. The minimum atomic E-state index is 0.237. The average Bonchev–Trinajstić information content (AvgIpc) is 1.84. The second-order valence-corrected chi connectivity index (χ2v) is 3.45. The largest absolute Gasteiger partial charge is 0.355 e. The number of amides is 1. The van der Waals surface area contributed by atoms with Crippen LogP contribution in [0.1, 0.15) is 20.8 Å². The van der Waals surface area contributed by atoms with Gasteiger partial charge in [-0.05, 0) is 11.8 Å². The maximum absolute atomic E-state index is 10.9. The van der Waals surface area contributed by atoms with Crippen LogP contribution < -0.4 is 5.32 Å². The molecule has 58 valence electrons. The van der Waals surface area contributed by atoms with Crippen molar-refractivity contribution in [2.75, 3.05) is 6.54 Å². The number of carbonyl (C=O) groups excluding carboxylic acids is 1. The van der Waals surface area contributed by atoms with Crippen molar-refractivity contribution in [1.82, 2.24) is 5.32 Å². The molecule has 2 heteroatoms. The molecule has 1 aliphatic heterocycles. The Kier molecular flexibility index (Phi) is 1.97. The number of carbonyl (C=O) groups is 1. The Labute approximate surface area is 62.0 Å². The molecule has 0 saturated carbocycles. The van der Waals surface area contributed by atoms with Crippen molar-refractivity contribution in [2.24, 2.45) is 17.8 Å². The molecule has 2 nitrogen and oxygen atoms in total. The fourth-order valence-electron chi connectivity index (χ4n) is 1.19. The summed E-state index contributed by atoms with van der Waals surface area (Å²) in [6.07, 6.45) is 0. The van der Waals surface area contributed by atoms with E-state index in [0.717, 1.165) is 6.54 Å². The van der Waals surface area contributed by atoms with E-state index < -0.39 is 0 Å². The van der Waals surface area contributed by atoms with Crippen molar-refractivity contribution in [3.8, 4) is 0 Å². The topological polar surface area (TPSA) is 29.1 Å². The molecule has 1 saturated heterocycles. The molecule has 1 amide bonds. The zero-order valence-corrected chi connectivity index (χ0v) is 6.85. The monoisotopic (exact) mass is 141 g/mol. The molecule has 1 rings (SSSR count). The van der Waals surface area contributed by atoms with Crippen LogP contribution in [0.2, 0.25) is 0 Å². The third-order valence-corrected chi connectivity index (χ3v) is 2.52. The lowest BCUT2D eigenvalue weighted by Gasteiger charge is -2.33. The lowest BCUT2D eigenvalue weighted by Crippen LogP contribution is -2.52. The van der Waals surface area contributed by atoms with E-state index in [-0.39, 0.29) is 5.91 Å². The fourth-order valence-corrected chi connectivity index (χ4v) is 1.19. The summed E-state index contributed by atoms with van der Waals surface area (Å²) in [5, 5.41) is 2.76. The van der Waals surface area contributed by atoms with E-state index in [4.69, 9.17) is 0 Å². The van der Waals surface area contributed by atoms with Crippen LogP contribution in [0, 0.1) is 17.8 Å². The fraction of sp³-hybridized carbons (Fsp3) is 0.875. The highest BCUT2D eigenvalue weighted by molar-refractivity contribution is 5.84. The van der Waals surface area contributed by atoms with Gasteiger partial charge in [-0.15, -0.1) is 0 Å². The third kappa shape index (κ3) is 1.15. The highest BCUT2D eigenvalue weighted by Gasteiger charge is 2.33. The molecule has 1 fully saturated rings. The van der Waals surface area contributed by atoms with Gasteiger partial charge in [0, 0.05) is 6.54 Å². The Balaban J connectivity index is 2.41. The quantitative estimate of drug-likeness (QED) is 0.572. The summed E-state index contributed by atoms with van der Waals surface area (Å²) in [5.41, 5.74) is 0. The van der Waals surface area contributed by atoms with Crippen molar-refractivity contribution < 1.29 is 4.79 Å². The summed E-state index contributed by atoms with van der Waals surface area (Å²) < 4.78 is 0. The predicted molar refractivity (Wildman–Crippen MR) is 40.5 cm³/mol. The van der Waals surface area contributed by atoms with Gasteiger partial charge in [-0.2, -0.15) is 0 Å². The molecule has 0 spiro atoms. The van der Waals surface area contributed by atoms with Crippen LogP contribution in [0.5, 0.6) is 0 Å². The molecule has 10 heavy (non-hydrogen) atoms. The minimum Gasteiger partial charge on any atom is -0.355 e. The number of β-lactam (4-membered cyclic amide) rings is 1. The molecule has 0 aromatic rings. The molecule has 1 N–H and O–H groups in total. The van der Waals surface area contributed by atoms with Crippen LogP contribution in [0.4, 0.5) is 0 Å². The summed E-state index contributed by atoms with van der Waals surface area (Å²) in [5.74, 6) is 1.69. The highest BCUT2D eigenvalue weighted by atomic mass is 16.2. The molecular formula is C8H15NO. The van der Waals surface area contributed by atoms with Gasteiger partial charge in [0.2, 0.25) is 5.91 Å². The van der Waals surface area contributed by atoms with E-state index in [9.17, 15) is 4.79 Å². The van der Waals surface area contributed by atoms with E-state index in [2.05, 4.69) is 26.1 Å². The van der Waals surface area contributed by atoms with E-state index >= 15 is 0 Å². The van der Waals surface area contributed by atoms with Crippen LogP contribution in [-0.4, -0.2) is 12.5 Å². The molecule has 0 aromatic carbocycles. The maximum Gasteiger partial charge on any atom is 0.225 e. The standard InChI is InChI=1S/C8H15NO/c1-5(2)6(3)7-4-9-8(7)10/h5-7H,4H2,1-3H3,(H,9,10). The van der Waals surface area contributed by atoms with Crippen molar-refractivity contribution in [3.05, 3.63) is 0 Å². The Morgan fingerprint density at radius 2 is 2.10 bits per heavy atom. The Morgan fingerprint density at radius 3 is 2.20 bits per heavy atom. The van der Waals surface area contributed by atoms with Gasteiger partial charge in [-0.25, -0.2) is 0 Å². The van der Waals surface area contributed by atoms with Crippen LogP contribution in [-0.2, 0) is 4.79 Å². The Morgan fingerprint density at radius 1 is 1.50 bits per heavy atom. The first-order chi connectivity index (χ1) is 4.63. The van der Waals surface area contributed by atoms with Crippen LogP contribution in [0.3, 0.4) is 0 Å². The second kappa shape index (κ2) is 2.60. The molecule has 2 atom stereocenters. The van der Waals surface area contributed by atoms with Crippen molar-refractivity contribution in [1.29, 1.82) is 0 Å². The predicted octanol–water partition coefficient (Wildman–Crippen LogP) is 1.02. The van der Waals surface area contributed by atoms with Gasteiger partial charge in [0.05, 0.1) is 5.92 Å². The number of hydrogen-bond donors (Lipinski definition) is 1. The Bertz CT molecular complexity index is 142. The maximum atomic E-state index is 10.9. The van der Waals surface area contributed by atoms with Gasteiger partial charge in [0.15, 0.2) is 0 Å². The van der Waals surface area contributed by atoms with Gasteiger partial charge < -0.3 is 5.32 Å². The van der Waals surface area contributed by atoms with Crippen LogP contribution in [0.25, 0.3) is 0 Å². The third-order valence-electron chi connectivity index (χ3n) is 2.52. The first kappa shape index (κ1) is 7.58. The lowest BCUT2D eigenvalue weighted by atomic mass is 9.81. The van der Waals surface area contributed by atoms with Crippen molar-refractivity contribution in [3.63, 3.8) is 0 Å². The molecule has 0 aromatic heterocycles. The smallest absolute Gasteiger partial charge is 0.225 e. The first-order valence-electron chi connectivity index (χ1n) is 3.90. The average molecular weight is 141 g/mol. The molecule has 1 heterocycles. The van der Waals surface area contributed by atoms with Gasteiger partial charge in [-0.1, -0.05) is 20.8 Å². The highest BCUT2D eigenvalue weighted by Crippen LogP contribution is 2.23. The molecular weight excluding hydrogens is 126 g/mol. The molecule has 2 unspecified atom stereocenters. The van der Waals surface area contributed by atoms with E-state index in [1.165, 1.54) is 0 Å². The van der Waals surface area contributed by atoms with E-state index in [1.54, 1.807) is 0 Å². The molecule has 0 bridgehead atoms. The van der Waals surface area contributed by atoms with Gasteiger partial charge in [0.1, 0.15) is 0 Å². The number of rotatable bonds is 2. The normalized spacial score (nSPS) is 27.6. The zero-order chi connectivity index (χ0) is 7.72. The van der Waals surface area contributed by atoms with Crippen LogP contribution in [0.15, 0.2) is 0 Å². The zero-order valence-electron chi connectivity index (χ0n) is 6.85. The summed E-state index contributed by atoms with van der Waals surface area (Å²) >= 11 is 0. The van der Waals surface area contributed by atoms with Gasteiger partial charge >= 0.3 is 0 Å².